The molecule has 21 heavy (non-hydrogen) atoms. The first-order valence-electron chi connectivity index (χ1n) is 7.02. The Morgan fingerprint density at radius 3 is 2.86 bits per heavy atom. The highest BCUT2D eigenvalue weighted by molar-refractivity contribution is 5.81. The number of fused-ring (bicyclic) bond motifs is 1. The fraction of sp³-hybridized carbons (Fsp3) is 0.467. The second-order valence-electron chi connectivity index (χ2n) is 5.46. The van der Waals surface area contributed by atoms with Gasteiger partial charge >= 0.3 is 5.97 Å². The third-order valence-corrected chi connectivity index (χ3v) is 3.59. The van der Waals surface area contributed by atoms with Crippen molar-refractivity contribution in [3.8, 4) is 11.5 Å². The van der Waals surface area contributed by atoms with Crippen LogP contribution in [0.4, 0.5) is 0 Å². The number of hydrogen-bond donors (Lipinski definition) is 2. The summed E-state index contributed by atoms with van der Waals surface area (Å²) in [7, 11) is 0. The Morgan fingerprint density at radius 2 is 2.19 bits per heavy atom. The molecule has 2 atom stereocenters. The van der Waals surface area contributed by atoms with E-state index in [1.54, 1.807) is 25.1 Å². The molecule has 0 aromatic heterocycles. The number of rotatable bonds is 5. The highest BCUT2D eigenvalue weighted by atomic mass is 16.5. The first kappa shape index (κ1) is 13.7. The molecule has 0 saturated heterocycles. The second kappa shape index (κ2) is 5.27. The van der Waals surface area contributed by atoms with Gasteiger partial charge in [-0.15, -0.1) is 0 Å². The highest BCUT2D eigenvalue weighted by Gasteiger charge is 2.30. The Hall–Kier alpha value is -2.24. The number of hydrogen-bond acceptors (Lipinski definition) is 4. The van der Waals surface area contributed by atoms with Gasteiger partial charge in [0.1, 0.15) is 11.5 Å². The Bertz CT molecular complexity index is 581. The van der Waals surface area contributed by atoms with Crippen LogP contribution in [0.3, 0.4) is 0 Å². The highest BCUT2D eigenvalue weighted by Crippen LogP contribution is 2.33. The van der Waals surface area contributed by atoms with E-state index >= 15 is 0 Å². The zero-order chi connectivity index (χ0) is 15.0. The molecule has 2 N–H and O–H groups in total. The summed E-state index contributed by atoms with van der Waals surface area (Å²) in [5.41, 5.74) is 0.838. The number of carbonyl (C=O) groups excluding carboxylic acids is 1. The summed E-state index contributed by atoms with van der Waals surface area (Å²) in [6.45, 7) is 1.69. The lowest BCUT2D eigenvalue weighted by Gasteiger charge is -2.15. The third-order valence-electron chi connectivity index (χ3n) is 3.59. The number of nitrogens with one attached hydrogen (secondary N) is 1. The van der Waals surface area contributed by atoms with Crippen molar-refractivity contribution in [1.82, 2.24) is 5.32 Å². The normalized spacial score (nSPS) is 21.1. The number of benzene rings is 1. The third kappa shape index (κ3) is 3.09. The smallest absolute Gasteiger partial charge is 0.345 e. The second-order valence-corrected chi connectivity index (χ2v) is 5.46. The van der Waals surface area contributed by atoms with Gasteiger partial charge in [-0.3, -0.25) is 4.79 Å². The summed E-state index contributed by atoms with van der Waals surface area (Å²) in [6.07, 6.45) is 0.970. The molecule has 3 rings (SSSR count). The molecular formula is C15H17NO5. The Morgan fingerprint density at radius 1 is 1.43 bits per heavy atom. The van der Waals surface area contributed by atoms with Crippen molar-refractivity contribution < 1.29 is 24.2 Å². The van der Waals surface area contributed by atoms with Gasteiger partial charge in [-0.25, -0.2) is 4.79 Å². The number of carboxylic acids is 1. The van der Waals surface area contributed by atoms with E-state index in [2.05, 4.69) is 5.32 Å². The van der Waals surface area contributed by atoms with Gasteiger partial charge in [0, 0.05) is 18.5 Å². The monoisotopic (exact) mass is 291 g/mol. The van der Waals surface area contributed by atoms with Crippen LogP contribution in [0.15, 0.2) is 18.2 Å². The van der Waals surface area contributed by atoms with Crippen LogP contribution in [0.1, 0.15) is 25.3 Å². The minimum Gasteiger partial charge on any atom is -0.481 e. The first-order chi connectivity index (χ1) is 10.0. The molecule has 0 radical (unpaired) electrons. The molecule has 1 fully saturated rings. The Kier molecular flexibility index (Phi) is 3.45. The summed E-state index contributed by atoms with van der Waals surface area (Å²) >= 11 is 0. The van der Waals surface area contributed by atoms with Gasteiger partial charge in [0.2, 0.25) is 0 Å². The lowest BCUT2D eigenvalue weighted by molar-refractivity contribution is -0.144. The van der Waals surface area contributed by atoms with Crippen molar-refractivity contribution in [2.45, 2.75) is 44.4 Å². The number of amides is 1. The van der Waals surface area contributed by atoms with E-state index < -0.39 is 18.2 Å². The van der Waals surface area contributed by atoms with Gasteiger partial charge < -0.3 is 19.9 Å². The topological polar surface area (TPSA) is 84.9 Å². The van der Waals surface area contributed by atoms with Crippen LogP contribution in [0.2, 0.25) is 0 Å². The number of aliphatic carboxylic acids is 1. The molecule has 1 saturated carbocycles. The van der Waals surface area contributed by atoms with Crippen molar-refractivity contribution in [1.29, 1.82) is 0 Å². The van der Waals surface area contributed by atoms with E-state index in [0.717, 1.165) is 18.4 Å². The van der Waals surface area contributed by atoms with Crippen molar-refractivity contribution in [2.24, 2.45) is 0 Å². The van der Waals surface area contributed by atoms with Gasteiger partial charge in [0.05, 0.1) is 0 Å². The molecule has 1 aliphatic heterocycles. The molecule has 6 nitrogen and oxygen atoms in total. The predicted octanol–water partition coefficient (Wildman–Crippen LogP) is 1.12. The van der Waals surface area contributed by atoms with E-state index in [0.29, 0.717) is 24.0 Å². The number of carbonyl (C=O) groups is 2. The van der Waals surface area contributed by atoms with Gasteiger partial charge in [-0.1, -0.05) is 6.07 Å². The van der Waals surface area contributed by atoms with Gasteiger partial charge in [0.15, 0.2) is 12.2 Å². The van der Waals surface area contributed by atoms with E-state index in [1.807, 2.05) is 0 Å². The molecule has 112 valence electrons. The van der Waals surface area contributed by atoms with E-state index in [-0.39, 0.29) is 5.91 Å². The summed E-state index contributed by atoms with van der Waals surface area (Å²) in [5, 5.41) is 11.8. The summed E-state index contributed by atoms with van der Waals surface area (Å²) in [5.74, 6) is -0.110. The number of ether oxygens (including phenoxy) is 2. The van der Waals surface area contributed by atoms with E-state index in [1.165, 1.54) is 0 Å². The van der Waals surface area contributed by atoms with Gasteiger partial charge in [0.25, 0.3) is 5.91 Å². The van der Waals surface area contributed by atoms with Crippen molar-refractivity contribution in [2.75, 3.05) is 0 Å². The summed E-state index contributed by atoms with van der Waals surface area (Å²) in [4.78, 5) is 22.7. The standard InChI is InChI=1S/C15H17NO5/c1-8(14(17)16-10-3-4-10)20-11-5-2-9-6-13(15(18)19)21-12(9)7-11/h2,5,7-8,10,13H,3-4,6H2,1H3,(H,16,17)(H,18,19). The average Bonchev–Trinajstić information content (AvgIpc) is 3.14. The quantitative estimate of drug-likeness (QED) is 0.849. The van der Waals surface area contributed by atoms with Crippen molar-refractivity contribution in [3.05, 3.63) is 23.8 Å². The molecule has 2 aliphatic rings. The van der Waals surface area contributed by atoms with Crippen molar-refractivity contribution in [3.63, 3.8) is 0 Å². The van der Waals surface area contributed by atoms with Crippen LogP contribution < -0.4 is 14.8 Å². The van der Waals surface area contributed by atoms with Crippen molar-refractivity contribution >= 4 is 11.9 Å². The van der Waals surface area contributed by atoms with Crippen LogP contribution in [-0.2, 0) is 16.0 Å². The molecule has 6 heteroatoms. The molecule has 0 spiro atoms. The molecule has 1 aromatic carbocycles. The first-order valence-corrected chi connectivity index (χ1v) is 7.02. The molecule has 1 aromatic rings. The lowest BCUT2D eigenvalue weighted by atomic mass is 10.1. The maximum absolute atomic E-state index is 11.8. The predicted molar refractivity (Wildman–Crippen MR) is 73.5 cm³/mol. The molecular weight excluding hydrogens is 274 g/mol. The van der Waals surface area contributed by atoms with E-state index in [4.69, 9.17) is 14.6 Å². The maximum Gasteiger partial charge on any atom is 0.345 e. The minimum absolute atomic E-state index is 0.137. The Balaban J connectivity index is 1.63. The molecule has 1 amide bonds. The van der Waals surface area contributed by atoms with Crippen LogP contribution >= 0.6 is 0 Å². The minimum atomic E-state index is -0.981. The van der Waals surface area contributed by atoms with Crippen LogP contribution in [0.5, 0.6) is 11.5 Å². The largest absolute Gasteiger partial charge is 0.481 e. The molecule has 2 unspecified atom stereocenters. The van der Waals surface area contributed by atoms with Gasteiger partial charge in [-0.05, 0) is 31.4 Å². The molecule has 1 aliphatic carbocycles. The molecule has 0 bridgehead atoms. The summed E-state index contributed by atoms with van der Waals surface area (Å²) < 4.78 is 10.9. The fourth-order valence-electron chi connectivity index (χ4n) is 2.22. The van der Waals surface area contributed by atoms with Crippen LogP contribution in [0, 0.1) is 0 Å². The maximum atomic E-state index is 11.8. The number of carboxylic acid groups (broad SMARTS) is 1. The average molecular weight is 291 g/mol. The van der Waals surface area contributed by atoms with Crippen LogP contribution in [0.25, 0.3) is 0 Å². The van der Waals surface area contributed by atoms with E-state index in [9.17, 15) is 9.59 Å². The Labute approximate surface area is 122 Å². The lowest BCUT2D eigenvalue weighted by Crippen LogP contribution is -2.37. The van der Waals surface area contributed by atoms with Crippen LogP contribution in [-0.4, -0.2) is 35.2 Å². The fourth-order valence-corrected chi connectivity index (χ4v) is 2.22. The summed E-state index contributed by atoms with van der Waals surface area (Å²) in [6, 6.07) is 5.44. The SMILES string of the molecule is CC(Oc1ccc2c(c1)OC(C(=O)O)C2)C(=O)NC1CC1. The zero-order valence-electron chi connectivity index (χ0n) is 11.7. The zero-order valence-corrected chi connectivity index (χ0v) is 11.7. The molecule has 1 heterocycles. The van der Waals surface area contributed by atoms with Gasteiger partial charge in [-0.2, -0.15) is 0 Å².